The van der Waals surface area contributed by atoms with Gasteiger partial charge in [0.1, 0.15) is 0 Å². The van der Waals surface area contributed by atoms with Gasteiger partial charge < -0.3 is 15.0 Å². The maximum atomic E-state index is 13.1. The van der Waals surface area contributed by atoms with E-state index in [0.717, 1.165) is 31.5 Å². The molecule has 2 rings (SSSR count). The minimum atomic E-state index is -0.394. The van der Waals surface area contributed by atoms with Gasteiger partial charge in [0, 0.05) is 25.2 Å². The van der Waals surface area contributed by atoms with E-state index < -0.39 is 5.41 Å². The lowest BCUT2D eigenvalue weighted by Crippen LogP contribution is -2.51. The fourth-order valence-electron chi connectivity index (χ4n) is 3.12. The summed E-state index contributed by atoms with van der Waals surface area (Å²) < 4.78 is 5.37. The van der Waals surface area contributed by atoms with Crippen LogP contribution in [0.25, 0.3) is 0 Å². The van der Waals surface area contributed by atoms with Crippen molar-refractivity contribution in [2.75, 3.05) is 33.4 Å². The largest absolute Gasteiger partial charge is 0.384 e. The van der Waals surface area contributed by atoms with Crippen molar-refractivity contribution in [1.29, 1.82) is 0 Å². The Morgan fingerprint density at radius 2 is 2.14 bits per heavy atom. The molecule has 0 saturated carbocycles. The van der Waals surface area contributed by atoms with Gasteiger partial charge in [0.15, 0.2) is 0 Å². The number of carbonyl (C=O) groups excluding carboxylic acids is 1. The number of amides is 1. The van der Waals surface area contributed by atoms with Crippen LogP contribution in [0.1, 0.15) is 25.3 Å². The van der Waals surface area contributed by atoms with Crippen LogP contribution in [-0.4, -0.2) is 44.2 Å². The topological polar surface area (TPSA) is 41.6 Å². The van der Waals surface area contributed by atoms with Crippen molar-refractivity contribution in [3.8, 4) is 0 Å². The molecule has 0 bridgehead atoms. The van der Waals surface area contributed by atoms with Crippen LogP contribution in [0.2, 0.25) is 5.02 Å². The van der Waals surface area contributed by atoms with Gasteiger partial charge >= 0.3 is 0 Å². The van der Waals surface area contributed by atoms with Crippen molar-refractivity contribution in [2.45, 2.75) is 26.3 Å². The Bertz CT molecular complexity index is 496. The first-order valence-electron chi connectivity index (χ1n) is 7.85. The third-order valence-corrected chi connectivity index (χ3v) is 4.60. The molecule has 1 aromatic carbocycles. The summed E-state index contributed by atoms with van der Waals surface area (Å²) in [4.78, 5) is 15.0. The molecule has 1 saturated heterocycles. The molecule has 0 aliphatic carbocycles. The number of piperidine rings is 1. The third kappa shape index (κ3) is 4.00. The van der Waals surface area contributed by atoms with Gasteiger partial charge in [0.05, 0.1) is 12.0 Å². The first-order chi connectivity index (χ1) is 10.6. The molecule has 0 radical (unpaired) electrons. The highest BCUT2D eigenvalue weighted by Gasteiger charge is 2.41. The van der Waals surface area contributed by atoms with E-state index in [9.17, 15) is 4.79 Å². The molecule has 122 valence electrons. The number of benzene rings is 1. The van der Waals surface area contributed by atoms with Crippen LogP contribution in [0.15, 0.2) is 24.3 Å². The number of hydrogen-bond acceptors (Lipinski definition) is 3. The molecule has 4 nitrogen and oxygen atoms in total. The maximum Gasteiger partial charge on any atom is 0.231 e. The molecule has 0 spiro atoms. The number of nitrogens with one attached hydrogen (secondary N) is 1. The van der Waals surface area contributed by atoms with E-state index in [4.69, 9.17) is 16.3 Å². The van der Waals surface area contributed by atoms with Crippen LogP contribution >= 0.6 is 11.6 Å². The Kier molecular flexibility index (Phi) is 6.24. The fraction of sp³-hybridized carbons (Fsp3) is 0.588. The monoisotopic (exact) mass is 324 g/mol. The van der Waals surface area contributed by atoms with Gasteiger partial charge in [-0.15, -0.1) is 0 Å². The molecule has 1 fully saturated rings. The van der Waals surface area contributed by atoms with Gasteiger partial charge in [-0.05, 0) is 50.6 Å². The van der Waals surface area contributed by atoms with Gasteiger partial charge in [0.25, 0.3) is 0 Å². The third-order valence-electron chi connectivity index (χ3n) is 4.37. The second-order valence-corrected chi connectivity index (χ2v) is 6.35. The highest BCUT2D eigenvalue weighted by Crippen LogP contribution is 2.32. The molecule has 5 heteroatoms. The lowest BCUT2D eigenvalue weighted by atomic mass is 9.78. The number of methoxy groups -OCH3 is 1. The maximum absolute atomic E-state index is 13.1. The minimum absolute atomic E-state index is 0.193. The van der Waals surface area contributed by atoms with Crippen molar-refractivity contribution in [3.63, 3.8) is 0 Å². The minimum Gasteiger partial charge on any atom is -0.384 e. The summed E-state index contributed by atoms with van der Waals surface area (Å²) in [6.07, 6.45) is 1.65. The molecular formula is C17H25ClN2O2. The molecule has 1 amide bonds. The van der Waals surface area contributed by atoms with Crippen molar-refractivity contribution in [3.05, 3.63) is 34.9 Å². The molecule has 0 unspecified atom stereocenters. The predicted octanol–water partition coefficient (Wildman–Crippen LogP) is 2.70. The number of ether oxygens (including phenoxy) is 1. The van der Waals surface area contributed by atoms with Gasteiger partial charge in [0.2, 0.25) is 5.91 Å². The number of rotatable bonds is 6. The Balaban J connectivity index is 2.15. The van der Waals surface area contributed by atoms with Crippen LogP contribution in [0.4, 0.5) is 0 Å². The highest BCUT2D eigenvalue weighted by atomic mass is 35.5. The van der Waals surface area contributed by atoms with Gasteiger partial charge in [-0.2, -0.15) is 0 Å². The van der Waals surface area contributed by atoms with E-state index in [-0.39, 0.29) is 5.91 Å². The summed E-state index contributed by atoms with van der Waals surface area (Å²) in [5, 5.41) is 4.03. The smallest absolute Gasteiger partial charge is 0.231 e. The summed E-state index contributed by atoms with van der Waals surface area (Å²) in [5.74, 6) is 0.193. The summed E-state index contributed by atoms with van der Waals surface area (Å²) in [6, 6.07) is 7.70. The van der Waals surface area contributed by atoms with Crippen molar-refractivity contribution in [2.24, 2.45) is 5.41 Å². The van der Waals surface area contributed by atoms with E-state index in [1.807, 2.05) is 36.1 Å². The number of hydrogen-bond donors (Lipinski definition) is 1. The van der Waals surface area contributed by atoms with E-state index in [1.54, 1.807) is 7.11 Å². The fourth-order valence-corrected chi connectivity index (χ4v) is 3.33. The Morgan fingerprint density at radius 3 is 2.73 bits per heavy atom. The van der Waals surface area contributed by atoms with E-state index in [2.05, 4.69) is 5.32 Å². The second-order valence-electron chi connectivity index (χ2n) is 5.91. The molecule has 1 heterocycles. The van der Waals surface area contributed by atoms with E-state index in [1.165, 1.54) is 0 Å². The Hall–Kier alpha value is -1.10. The summed E-state index contributed by atoms with van der Waals surface area (Å²) in [7, 11) is 1.67. The van der Waals surface area contributed by atoms with Crippen molar-refractivity contribution < 1.29 is 9.53 Å². The number of halogens is 1. The quantitative estimate of drug-likeness (QED) is 0.874. The summed E-state index contributed by atoms with van der Waals surface area (Å²) in [6.45, 7) is 5.51. The average molecular weight is 325 g/mol. The van der Waals surface area contributed by atoms with Crippen LogP contribution in [0.3, 0.4) is 0 Å². The van der Waals surface area contributed by atoms with Crippen LogP contribution in [0.5, 0.6) is 0 Å². The Labute approximate surface area is 137 Å². The zero-order chi connectivity index (χ0) is 16.0. The SMILES string of the molecule is CCN(Cc1cccc(Cl)c1)C(=O)C1(COC)CCNCC1. The molecule has 1 N–H and O–H groups in total. The molecular weight excluding hydrogens is 300 g/mol. The second kappa shape index (κ2) is 7.95. The van der Waals surface area contributed by atoms with Crippen LogP contribution < -0.4 is 5.32 Å². The predicted molar refractivity (Wildman–Crippen MR) is 89.0 cm³/mol. The molecule has 22 heavy (non-hydrogen) atoms. The molecule has 1 aromatic rings. The van der Waals surface area contributed by atoms with Crippen molar-refractivity contribution in [1.82, 2.24) is 10.2 Å². The summed E-state index contributed by atoms with van der Waals surface area (Å²) >= 11 is 6.05. The molecule has 0 atom stereocenters. The van der Waals surface area contributed by atoms with Crippen LogP contribution in [-0.2, 0) is 16.1 Å². The zero-order valence-electron chi connectivity index (χ0n) is 13.4. The number of nitrogens with zero attached hydrogens (tertiary/aromatic N) is 1. The van der Waals surface area contributed by atoms with Gasteiger partial charge in [-0.1, -0.05) is 23.7 Å². The molecule has 0 aromatic heterocycles. The lowest BCUT2D eigenvalue weighted by molar-refractivity contribution is -0.148. The van der Waals surface area contributed by atoms with Gasteiger partial charge in [-0.25, -0.2) is 0 Å². The van der Waals surface area contributed by atoms with E-state index >= 15 is 0 Å². The normalized spacial score (nSPS) is 17.2. The zero-order valence-corrected chi connectivity index (χ0v) is 14.2. The molecule has 1 aliphatic rings. The highest BCUT2D eigenvalue weighted by molar-refractivity contribution is 6.30. The lowest BCUT2D eigenvalue weighted by Gasteiger charge is -2.39. The van der Waals surface area contributed by atoms with Gasteiger partial charge in [-0.3, -0.25) is 4.79 Å². The average Bonchev–Trinajstić information content (AvgIpc) is 2.53. The van der Waals surface area contributed by atoms with E-state index in [0.29, 0.717) is 24.7 Å². The first kappa shape index (κ1) is 17.3. The van der Waals surface area contributed by atoms with Crippen LogP contribution in [0, 0.1) is 5.41 Å². The Morgan fingerprint density at radius 1 is 1.41 bits per heavy atom. The first-order valence-corrected chi connectivity index (χ1v) is 8.22. The van der Waals surface area contributed by atoms with Crippen molar-refractivity contribution >= 4 is 17.5 Å². The summed E-state index contributed by atoms with van der Waals surface area (Å²) in [5.41, 5.74) is 0.665. The molecule has 1 aliphatic heterocycles. The standard InChI is InChI=1S/C17H25ClN2O2/c1-3-20(12-14-5-4-6-15(18)11-14)16(21)17(13-22-2)7-9-19-10-8-17/h4-6,11,19H,3,7-10,12-13H2,1-2H3. The number of carbonyl (C=O) groups is 1.